The summed E-state index contributed by atoms with van der Waals surface area (Å²) in [6, 6.07) is 4.00. The van der Waals surface area contributed by atoms with Crippen molar-refractivity contribution in [3.63, 3.8) is 0 Å². The van der Waals surface area contributed by atoms with Crippen LogP contribution in [0.5, 0.6) is 0 Å². The first-order chi connectivity index (χ1) is 9.67. The fraction of sp³-hybridized carbons (Fsp3) is 0.385. The molecule has 0 unspecified atom stereocenters. The highest BCUT2D eigenvalue weighted by molar-refractivity contribution is 5.22. The predicted molar refractivity (Wildman–Crippen MR) is 67.0 cm³/mol. The van der Waals surface area contributed by atoms with Crippen LogP contribution in [0.4, 0.5) is 8.78 Å². The SMILES string of the molecule is COCCn1c(CO)nnc1Cc1cccc(F)c1F. The lowest BCUT2D eigenvalue weighted by Crippen LogP contribution is -2.12. The van der Waals surface area contributed by atoms with Gasteiger partial charge in [0.2, 0.25) is 0 Å². The zero-order valence-corrected chi connectivity index (χ0v) is 11.0. The van der Waals surface area contributed by atoms with Crippen molar-refractivity contribution in [3.8, 4) is 0 Å². The molecule has 0 aliphatic rings. The molecule has 1 aromatic carbocycles. The Hall–Kier alpha value is -1.86. The van der Waals surface area contributed by atoms with Gasteiger partial charge in [-0.2, -0.15) is 0 Å². The van der Waals surface area contributed by atoms with Gasteiger partial charge in [-0.3, -0.25) is 0 Å². The van der Waals surface area contributed by atoms with Gasteiger partial charge in [-0.15, -0.1) is 10.2 Å². The first kappa shape index (κ1) is 14.5. The number of aromatic nitrogens is 3. The van der Waals surface area contributed by atoms with Gasteiger partial charge in [-0.25, -0.2) is 8.78 Å². The van der Waals surface area contributed by atoms with E-state index in [2.05, 4.69) is 10.2 Å². The third kappa shape index (κ3) is 3.00. The average Bonchev–Trinajstić information content (AvgIpc) is 2.83. The summed E-state index contributed by atoms with van der Waals surface area (Å²) >= 11 is 0. The molecule has 0 saturated carbocycles. The Morgan fingerprint density at radius 3 is 2.70 bits per heavy atom. The summed E-state index contributed by atoms with van der Waals surface area (Å²) in [5, 5.41) is 16.9. The van der Waals surface area contributed by atoms with E-state index in [4.69, 9.17) is 4.74 Å². The number of hydrogen-bond acceptors (Lipinski definition) is 4. The van der Waals surface area contributed by atoms with Gasteiger partial charge in [-0.05, 0) is 11.6 Å². The van der Waals surface area contributed by atoms with E-state index >= 15 is 0 Å². The lowest BCUT2D eigenvalue weighted by atomic mass is 10.1. The van der Waals surface area contributed by atoms with Gasteiger partial charge in [0.25, 0.3) is 0 Å². The van der Waals surface area contributed by atoms with Crippen LogP contribution in [-0.4, -0.2) is 33.6 Å². The number of aliphatic hydroxyl groups is 1. The van der Waals surface area contributed by atoms with E-state index < -0.39 is 11.6 Å². The fourth-order valence-corrected chi connectivity index (χ4v) is 1.92. The smallest absolute Gasteiger partial charge is 0.162 e. The molecular formula is C13H15F2N3O2. The Balaban J connectivity index is 2.28. The van der Waals surface area contributed by atoms with Gasteiger partial charge in [0.05, 0.1) is 6.61 Å². The Morgan fingerprint density at radius 1 is 1.25 bits per heavy atom. The van der Waals surface area contributed by atoms with Crippen molar-refractivity contribution in [1.82, 2.24) is 14.8 Å². The standard InChI is InChI=1S/C13H15F2N3O2/c1-20-6-5-18-11(16-17-12(18)8-19)7-9-3-2-4-10(14)13(9)15/h2-4,19H,5-8H2,1H3. The summed E-state index contributed by atoms with van der Waals surface area (Å²) in [6.07, 6.45) is 0.0975. The summed E-state index contributed by atoms with van der Waals surface area (Å²) in [7, 11) is 1.55. The molecule has 2 rings (SSSR count). The summed E-state index contributed by atoms with van der Waals surface area (Å²) in [6.45, 7) is 0.567. The van der Waals surface area contributed by atoms with Gasteiger partial charge in [0.1, 0.15) is 12.4 Å². The van der Waals surface area contributed by atoms with Crippen LogP contribution in [0.2, 0.25) is 0 Å². The molecule has 20 heavy (non-hydrogen) atoms. The highest BCUT2D eigenvalue weighted by Gasteiger charge is 2.15. The zero-order valence-electron chi connectivity index (χ0n) is 11.0. The first-order valence-electron chi connectivity index (χ1n) is 6.11. The van der Waals surface area contributed by atoms with Crippen LogP contribution in [0, 0.1) is 11.6 Å². The number of aliphatic hydroxyl groups excluding tert-OH is 1. The molecular weight excluding hydrogens is 268 g/mol. The van der Waals surface area contributed by atoms with Crippen LogP contribution in [0.3, 0.4) is 0 Å². The van der Waals surface area contributed by atoms with Crippen molar-refractivity contribution in [1.29, 1.82) is 0 Å². The van der Waals surface area contributed by atoms with Gasteiger partial charge in [-0.1, -0.05) is 12.1 Å². The van der Waals surface area contributed by atoms with Gasteiger partial charge < -0.3 is 14.4 Å². The zero-order chi connectivity index (χ0) is 14.5. The topological polar surface area (TPSA) is 60.2 Å². The van der Waals surface area contributed by atoms with E-state index in [1.807, 2.05) is 0 Å². The molecule has 1 aromatic heterocycles. The molecule has 0 saturated heterocycles. The van der Waals surface area contributed by atoms with Crippen molar-refractivity contribution < 1.29 is 18.6 Å². The Bertz CT molecular complexity index is 587. The van der Waals surface area contributed by atoms with Crippen molar-refractivity contribution in [2.24, 2.45) is 0 Å². The number of rotatable bonds is 6. The quantitative estimate of drug-likeness (QED) is 0.867. The Morgan fingerprint density at radius 2 is 2.00 bits per heavy atom. The largest absolute Gasteiger partial charge is 0.388 e. The fourth-order valence-electron chi connectivity index (χ4n) is 1.92. The molecule has 0 aliphatic carbocycles. The minimum Gasteiger partial charge on any atom is -0.388 e. The summed E-state index contributed by atoms with van der Waals surface area (Å²) in [4.78, 5) is 0. The van der Waals surface area contributed by atoms with E-state index in [9.17, 15) is 13.9 Å². The molecule has 7 heteroatoms. The van der Waals surface area contributed by atoms with E-state index in [0.29, 0.717) is 24.8 Å². The maximum Gasteiger partial charge on any atom is 0.162 e. The molecule has 2 aromatic rings. The van der Waals surface area contributed by atoms with E-state index in [0.717, 1.165) is 6.07 Å². The highest BCUT2D eigenvalue weighted by atomic mass is 19.2. The van der Waals surface area contributed by atoms with Crippen LogP contribution < -0.4 is 0 Å². The normalized spacial score (nSPS) is 11.0. The van der Waals surface area contributed by atoms with Crippen molar-refractivity contribution in [2.45, 2.75) is 19.6 Å². The van der Waals surface area contributed by atoms with Crippen molar-refractivity contribution in [3.05, 3.63) is 47.0 Å². The maximum absolute atomic E-state index is 13.7. The molecule has 0 atom stereocenters. The van der Waals surface area contributed by atoms with Crippen LogP contribution in [0.15, 0.2) is 18.2 Å². The second-order valence-corrected chi connectivity index (χ2v) is 4.22. The Kier molecular flexibility index (Phi) is 4.75. The van der Waals surface area contributed by atoms with Gasteiger partial charge in [0.15, 0.2) is 17.5 Å². The number of methoxy groups -OCH3 is 1. The number of halogens is 2. The predicted octanol–water partition coefficient (Wildman–Crippen LogP) is 1.29. The third-order valence-electron chi connectivity index (χ3n) is 2.94. The van der Waals surface area contributed by atoms with Crippen LogP contribution >= 0.6 is 0 Å². The lowest BCUT2D eigenvalue weighted by molar-refractivity contribution is 0.181. The minimum absolute atomic E-state index is 0.0975. The average molecular weight is 283 g/mol. The van der Waals surface area contributed by atoms with E-state index in [1.165, 1.54) is 12.1 Å². The minimum atomic E-state index is -0.896. The summed E-state index contributed by atoms with van der Waals surface area (Å²) < 4.78 is 33.4. The molecule has 0 aliphatic heterocycles. The van der Waals surface area contributed by atoms with E-state index in [1.54, 1.807) is 11.7 Å². The third-order valence-corrected chi connectivity index (χ3v) is 2.94. The second-order valence-electron chi connectivity index (χ2n) is 4.22. The summed E-state index contributed by atoms with van der Waals surface area (Å²) in [5.74, 6) is -0.961. The van der Waals surface area contributed by atoms with Crippen LogP contribution in [0.1, 0.15) is 17.2 Å². The second kappa shape index (κ2) is 6.53. The molecule has 0 fully saturated rings. The monoisotopic (exact) mass is 283 g/mol. The van der Waals surface area contributed by atoms with Crippen LogP contribution in [0.25, 0.3) is 0 Å². The maximum atomic E-state index is 13.7. The van der Waals surface area contributed by atoms with Gasteiger partial charge >= 0.3 is 0 Å². The Labute approximate surface area is 114 Å². The molecule has 0 bridgehead atoms. The van der Waals surface area contributed by atoms with Crippen LogP contribution in [-0.2, 0) is 24.3 Å². The van der Waals surface area contributed by atoms with E-state index in [-0.39, 0.29) is 18.6 Å². The summed E-state index contributed by atoms with van der Waals surface area (Å²) in [5.41, 5.74) is 0.195. The molecule has 0 radical (unpaired) electrons. The number of nitrogens with zero attached hydrogens (tertiary/aromatic N) is 3. The number of ether oxygens (including phenoxy) is 1. The molecule has 1 heterocycles. The highest BCUT2D eigenvalue weighted by Crippen LogP contribution is 2.15. The first-order valence-corrected chi connectivity index (χ1v) is 6.11. The van der Waals surface area contributed by atoms with Crippen molar-refractivity contribution in [2.75, 3.05) is 13.7 Å². The van der Waals surface area contributed by atoms with Gasteiger partial charge in [0, 0.05) is 20.1 Å². The molecule has 5 nitrogen and oxygen atoms in total. The molecule has 1 N–H and O–H groups in total. The number of hydrogen-bond donors (Lipinski definition) is 1. The molecule has 0 spiro atoms. The number of benzene rings is 1. The molecule has 108 valence electrons. The van der Waals surface area contributed by atoms with Crippen molar-refractivity contribution >= 4 is 0 Å². The lowest BCUT2D eigenvalue weighted by Gasteiger charge is -2.09. The molecule has 0 amide bonds.